The summed E-state index contributed by atoms with van der Waals surface area (Å²) < 4.78 is 0.556. The van der Waals surface area contributed by atoms with E-state index in [1.54, 1.807) is 12.1 Å². The molecule has 3 amide bonds. The summed E-state index contributed by atoms with van der Waals surface area (Å²) in [7, 11) is 1.42. The molecular formula is C12H12BrN3O3. The normalized spacial score (nSPS) is 19.5. The van der Waals surface area contributed by atoms with E-state index in [1.807, 2.05) is 0 Å². The highest BCUT2D eigenvalue weighted by Crippen LogP contribution is 2.15. The Bertz CT molecular complexity index is 547. The number of halogens is 1. The van der Waals surface area contributed by atoms with Gasteiger partial charge in [0, 0.05) is 24.1 Å². The molecule has 1 fully saturated rings. The number of rotatable bonds is 2. The molecule has 0 saturated carbocycles. The maximum Gasteiger partial charge on any atom is 0.271 e. The number of hydrogen-bond donors (Lipinski definition) is 1. The standard InChI is InChI=1S/C12H12BrN3O3/c1-16-9(17)5-4-8(12(16)19)15-11(18)10-7(13)3-2-6-14-10/h2-3,6,8H,4-5H2,1H3,(H,15,18). The molecule has 1 aromatic heterocycles. The summed E-state index contributed by atoms with van der Waals surface area (Å²) in [5, 5.41) is 2.60. The molecular weight excluding hydrogens is 314 g/mol. The Morgan fingerprint density at radius 2 is 2.26 bits per heavy atom. The Labute approximate surface area is 118 Å². The summed E-state index contributed by atoms with van der Waals surface area (Å²) in [6, 6.07) is 2.71. The zero-order valence-corrected chi connectivity index (χ0v) is 11.8. The number of piperidine rings is 1. The first kappa shape index (κ1) is 13.7. The highest BCUT2D eigenvalue weighted by atomic mass is 79.9. The molecule has 1 unspecified atom stereocenters. The largest absolute Gasteiger partial charge is 0.339 e. The van der Waals surface area contributed by atoms with E-state index in [9.17, 15) is 14.4 Å². The molecule has 100 valence electrons. The number of carbonyl (C=O) groups excluding carboxylic acids is 3. The Morgan fingerprint density at radius 1 is 1.53 bits per heavy atom. The van der Waals surface area contributed by atoms with Crippen molar-refractivity contribution in [1.82, 2.24) is 15.2 Å². The van der Waals surface area contributed by atoms with E-state index in [-0.39, 0.29) is 18.0 Å². The van der Waals surface area contributed by atoms with Gasteiger partial charge in [-0.05, 0) is 34.5 Å². The first-order chi connectivity index (χ1) is 9.00. The fraction of sp³-hybridized carbons (Fsp3) is 0.333. The van der Waals surface area contributed by atoms with Crippen LogP contribution in [0.1, 0.15) is 23.3 Å². The number of likely N-dealkylation sites (N-methyl/N-ethyl adjacent to an activating group) is 1. The molecule has 1 aliphatic heterocycles. The third-order valence-electron chi connectivity index (χ3n) is 2.93. The molecule has 1 aromatic rings. The molecule has 1 aliphatic rings. The number of hydrogen-bond acceptors (Lipinski definition) is 4. The van der Waals surface area contributed by atoms with E-state index in [1.165, 1.54) is 13.2 Å². The summed E-state index contributed by atoms with van der Waals surface area (Å²) in [4.78, 5) is 40.2. The number of nitrogens with zero attached hydrogens (tertiary/aromatic N) is 2. The van der Waals surface area contributed by atoms with E-state index >= 15 is 0 Å². The summed E-state index contributed by atoms with van der Waals surface area (Å²) in [6.45, 7) is 0. The van der Waals surface area contributed by atoms with Crippen molar-refractivity contribution in [2.75, 3.05) is 7.05 Å². The summed E-state index contributed by atoms with van der Waals surface area (Å²) >= 11 is 3.23. The number of imide groups is 1. The lowest BCUT2D eigenvalue weighted by molar-refractivity contribution is -0.147. The van der Waals surface area contributed by atoms with Crippen molar-refractivity contribution >= 4 is 33.7 Å². The number of aromatic nitrogens is 1. The molecule has 0 aliphatic carbocycles. The average Bonchev–Trinajstić information content (AvgIpc) is 2.40. The van der Waals surface area contributed by atoms with Gasteiger partial charge < -0.3 is 5.32 Å². The Morgan fingerprint density at radius 3 is 2.95 bits per heavy atom. The van der Waals surface area contributed by atoms with Gasteiger partial charge in [-0.2, -0.15) is 0 Å². The highest BCUT2D eigenvalue weighted by molar-refractivity contribution is 9.10. The Hall–Kier alpha value is -1.76. The van der Waals surface area contributed by atoms with Gasteiger partial charge in [-0.1, -0.05) is 0 Å². The monoisotopic (exact) mass is 325 g/mol. The van der Waals surface area contributed by atoms with E-state index in [4.69, 9.17) is 0 Å². The molecule has 19 heavy (non-hydrogen) atoms. The minimum atomic E-state index is -0.677. The van der Waals surface area contributed by atoms with Gasteiger partial charge >= 0.3 is 0 Å². The molecule has 6 nitrogen and oxygen atoms in total. The van der Waals surface area contributed by atoms with Crippen LogP contribution in [-0.2, 0) is 9.59 Å². The minimum absolute atomic E-state index is 0.217. The smallest absolute Gasteiger partial charge is 0.271 e. The van der Waals surface area contributed by atoms with Crippen molar-refractivity contribution in [3.63, 3.8) is 0 Å². The molecule has 1 saturated heterocycles. The maximum atomic E-state index is 12.0. The zero-order valence-electron chi connectivity index (χ0n) is 10.2. The number of amides is 3. The number of likely N-dealkylation sites (tertiary alicyclic amines) is 1. The van der Waals surface area contributed by atoms with Crippen molar-refractivity contribution in [2.45, 2.75) is 18.9 Å². The van der Waals surface area contributed by atoms with Crippen LogP contribution < -0.4 is 5.32 Å². The molecule has 0 radical (unpaired) electrons. The maximum absolute atomic E-state index is 12.0. The zero-order chi connectivity index (χ0) is 14.0. The van der Waals surface area contributed by atoms with Crippen LogP contribution in [0.4, 0.5) is 0 Å². The van der Waals surface area contributed by atoms with Gasteiger partial charge in [0.15, 0.2) is 0 Å². The van der Waals surface area contributed by atoms with Crippen molar-refractivity contribution in [1.29, 1.82) is 0 Å². The van der Waals surface area contributed by atoms with Crippen molar-refractivity contribution in [3.8, 4) is 0 Å². The molecule has 0 bridgehead atoms. The van der Waals surface area contributed by atoms with Gasteiger partial charge in [-0.15, -0.1) is 0 Å². The van der Waals surface area contributed by atoms with Crippen LogP contribution in [0.2, 0.25) is 0 Å². The van der Waals surface area contributed by atoms with Gasteiger partial charge in [-0.25, -0.2) is 4.98 Å². The van der Waals surface area contributed by atoms with Crippen LogP contribution in [0.25, 0.3) is 0 Å². The predicted octanol–water partition coefficient (Wildman–Crippen LogP) is 0.721. The average molecular weight is 326 g/mol. The number of carbonyl (C=O) groups is 3. The third-order valence-corrected chi connectivity index (χ3v) is 3.57. The van der Waals surface area contributed by atoms with E-state index in [2.05, 4.69) is 26.2 Å². The molecule has 7 heteroatoms. The minimum Gasteiger partial charge on any atom is -0.339 e. The first-order valence-corrected chi connectivity index (χ1v) is 6.52. The first-order valence-electron chi connectivity index (χ1n) is 5.72. The van der Waals surface area contributed by atoms with E-state index in [0.29, 0.717) is 10.9 Å². The lowest BCUT2D eigenvalue weighted by atomic mass is 10.0. The fourth-order valence-corrected chi connectivity index (χ4v) is 2.26. The lowest BCUT2D eigenvalue weighted by Crippen LogP contribution is -2.53. The predicted molar refractivity (Wildman–Crippen MR) is 70.2 cm³/mol. The van der Waals surface area contributed by atoms with Crippen LogP contribution in [0.3, 0.4) is 0 Å². The molecule has 0 spiro atoms. The SMILES string of the molecule is CN1C(=O)CCC(NC(=O)c2ncccc2Br)C1=O. The third kappa shape index (κ3) is 2.81. The van der Waals surface area contributed by atoms with E-state index in [0.717, 1.165) is 4.90 Å². The molecule has 2 heterocycles. The van der Waals surface area contributed by atoms with Gasteiger partial charge in [-0.3, -0.25) is 19.3 Å². The van der Waals surface area contributed by atoms with Gasteiger partial charge in [0.25, 0.3) is 11.8 Å². The molecule has 0 aromatic carbocycles. The van der Waals surface area contributed by atoms with Crippen LogP contribution >= 0.6 is 15.9 Å². The summed E-state index contributed by atoms with van der Waals surface area (Å²) in [6.07, 6.45) is 2.06. The molecule has 1 N–H and O–H groups in total. The van der Waals surface area contributed by atoms with Crippen molar-refractivity contribution in [2.24, 2.45) is 0 Å². The van der Waals surface area contributed by atoms with Gasteiger partial charge in [0.1, 0.15) is 11.7 Å². The lowest BCUT2D eigenvalue weighted by Gasteiger charge is -2.28. The number of nitrogens with one attached hydrogen (secondary N) is 1. The highest BCUT2D eigenvalue weighted by Gasteiger charge is 2.33. The van der Waals surface area contributed by atoms with Crippen LogP contribution in [0, 0.1) is 0 Å². The van der Waals surface area contributed by atoms with Crippen molar-refractivity contribution < 1.29 is 14.4 Å². The van der Waals surface area contributed by atoms with Gasteiger partial charge in [0.2, 0.25) is 5.91 Å². The van der Waals surface area contributed by atoms with Crippen LogP contribution in [-0.4, -0.2) is 40.7 Å². The molecule has 2 rings (SSSR count). The number of pyridine rings is 1. The van der Waals surface area contributed by atoms with Gasteiger partial charge in [0.05, 0.1) is 0 Å². The Kier molecular flexibility index (Phi) is 3.94. The topological polar surface area (TPSA) is 79.4 Å². The second-order valence-corrected chi connectivity index (χ2v) is 5.04. The van der Waals surface area contributed by atoms with Crippen molar-refractivity contribution in [3.05, 3.63) is 28.5 Å². The Balaban J connectivity index is 2.10. The molecule has 1 atom stereocenters. The van der Waals surface area contributed by atoms with Crippen LogP contribution in [0.15, 0.2) is 22.8 Å². The second kappa shape index (κ2) is 5.48. The van der Waals surface area contributed by atoms with Crippen LogP contribution in [0.5, 0.6) is 0 Å². The quantitative estimate of drug-likeness (QED) is 0.813. The van der Waals surface area contributed by atoms with E-state index < -0.39 is 17.9 Å². The second-order valence-electron chi connectivity index (χ2n) is 4.19. The summed E-state index contributed by atoms with van der Waals surface area (Å²) in [5.74, 6) is -1.06. The summed E-state index contributed by atoms with van der Waals surface area (Å²) in [5.41, 5.74) is 0.217. The fourth-order valence-electron chi connectivity index (χ4n) is 1.83.